The first-order valence-corrected chi connectivity index (χ1v) is 6.82. The van der Waals surface area contributed by atoms with Gasteiger partial charge in [0.25, 0.3) is 11.6 Å². The van der Waals surface area contributed by atoms with Crippen LogP contribution in [0.5, 0.6) is 0 Å². The Morgan fingerprint density at radius 2 is 2.00 bits per heavy atom. The number of carbonyl (C=O) groups is 1. The van der Waals surface area contributed by atoms with Crippen molar-refractivity contribution in [3.63, 3.8) is 0 Å². The maximum atomic E-state index is 12.6. The van der Waals surface area contributed by atoms with Gasteiger partial charge in [0.05, 0.1) is 4.92 Å². The zero-order valence-corrected chi connectivity index (χ0v) is 11.3. The number of benzene rings is 1. The van der Waals surface area contributed by atoms with Crippen LogP contribution in [0.25, 0.3) is 0 Å². The summed E-state index contributed by atoms with van der Waals surface area (Å²) >= 11 is 0. The standard InChI is InChI=1S/C14H17N3O3/c1-9-3-2-4-12(13(9)17(19)20)14(18)16-7-10-5-15-6-11(10)8-16/h2-4,10-11,15H,5-8H2,1H3. The van der Waals surface area contributed by atoms with Crippen LogP contribution in [-0.4, -0.2) is 41.9 Å². The number of nitro groups is 1. The number of carbonyl (C=O) groups excluding carboxylic acids is 1. The minimum atomic E-state index is -0.457. The largest absolute Gasteiger partial charge is 0.338 e. The third-order valence-corrected chi connectivity index (χ3v) is 4.33. The molecule has 1 amide bonds. The Kier molecular flexibility index (Phi) is 3.17. The lowest BCUT2D eigenvalue weighted by Gasteiger charge is -2.17. The molecule has 0 saturated carbocycles. The molecule has 1 N–H and O–H groups in total. The maximum Gasteiger partial charge on any atom is 0.285 e. The predicted octanol–water partition coefficient (Wildman–Crippen LogP) is 1.19. The first-order chi connectivity index (χ1) is 9.58. The highest BCUT2D eigenvalue weighted by Crippen LogP contribution is 2.30. The summed E-state index contributed by atoms with van der Waals surface area (Å²) in [5, 5.41) is 14.5. The molecule has 6 heteroatoms. The van der Waals surface area contributed by atoms with Gasteiger partial charge in [0, 0.05) is 31.7 Å². The van der Waals surface area contributed by atoms with Crippen LogP contribution in [0.15, 0.2) is 18.2 Å². The number of aryl methyl sites for hydroxylation is 1. The molecule has 0 aromatic heterocycles. The molecule has 0 aliphatic carbocycles. The summed E-state index contributed by atoms with van der Waals surface area (Å²) in [6.07, 6.45) is 0. The molecular weight excluding hydrogens is 258 g/mol. The lowest BCUT2D eigenvalue weighted by molar-refractivity contribution is -0.385. The number of fused-ring (bicyclic) bond motifs is 1. The molecule has 0 spiro atoms. The van der Waals surface area contributed by atoms with Gasteiger partial charge in [0.15, 0.2) is 0 Å². The molecule has 6 nitrogen and oxygen atoms in total. The van der Waals surface area contributed by atoms with Crippen molar-refractivity contribution in [1.82, 2.24) is 10.2 Å². The second-order valence-electron chi connectivity index (χ2n) is 5.62. The van der Waals surface area contributed by atoms with E-state index in [4.69, 9.17) is 0 Å². The molecule has 2 heterocycles. The topological polar surface area (TPSA) is 75.5 Å². The van der Waals surface area contributed by atoms with Gasteiger partial charge in [-0.05, 0) is 24.8 Å². The van der Waals surface area contributed by atoms with Crippen LogP contribution < -0.4 is 5.32 Å². The van der Waals surface area contributed by atoms with Crippen LogP contribution in [0.1, 0.15) is 15.9 Å². The summed E-state index contributed by atoms with van der Waals surface area (Å²) in [6.45, 7) is 4.93. The van der Waals surface area contributed by atoms with Gasteiger partial charge in [-0.25, -0.2) is 0 Å². The summed E-state index contributed by atoms with van der Waals surface area (Å²) in [4.78, 5) is 25.0. The van der Waals surface area contributed by atoms with E-state index in [9.17, 15) is 14.9 Å². The minimum absolute atomic E-state index is 0.0623. The molecule has 2 aliphatic heterocycles. The number of para-hydroxylation sites is 1. The summed E-state index contributed by atoms with van der Waals surface area (Å²) in [5.41, 5.74) is 0.678. The molecule has 20 heavy (non-hydrogen) atoms. The highest BCUT2D eigenvalue weighted by atomic mass is 16.6. The first kappa shape index (κ1) is 13.1. The van der Waals surface area contributed by atoms with Gasteiger partial charge in [-0.1, -0.05) is 12.1 Å². The molecule has 2 fully saturated rings. The van der Waals surface area contributed by atoms with E-state index in [-0.39, 0.29) is 17.2 Å². The number of amides is 1. The van der Waals surface area contributed by atoms with Gasteiger partial charge in [-0.15, -0.1) is 0 Å². The number of hydrogen-bond donors (Lipinski definition) is 1. The average Bonchev–Trinajstić information content (AvgIpc) is 2.97. The minimum Gasteiger partial charge on any atom is -0.338 e. The van der Waals surface area contributed by atoms with Crippen LogP contribution in [0.3, 0.4) is 0 Å². The number of likely N-dealkylation sites (tertiary alicyclic amines) is 1. The SMILES string of the molecule is Cc1cccc(C(=O)N2CC3CNCC3C2)c1[N+](=O)[O-]. The van der Waals surface area contributed by atoms with Crippen molar-refractivity contribution < 1.29 is 9.72 Å². The quantitative estimate of drug-likeness (QED) is 0.650. The Morgan fingerprint density at radius 3 is 2.60 bits per heavy atom. The van der Waals surface area contributed by atoms with Gasteiger partial charge in [-0.3, -0.25) is 14.9 Å². The van der Waals surface area contributed by atoms with E-state index in [1.807, 2.05) is 0 Å². The summed E-state index contributed by atoms with van der Waals surface area (Å²) in [6, 6.07) is 4.92. The van der Waals surface area contributed by atoms with E-state index in [2.05, 4.69) is 5.32 Å². The Labute approximate surface area is 116 Å². The second-order valence-corrected chi connectivity index (χ2v) is 5.62. The first-order valence-electron chi connectivity index (χ1n) is 6.82. The van der Waals surface area contributed by atoms with Crippen LogP contribution in [0.4, 0.5) is 5.69 Å². The lowest BCUT2D eigenvalue weighted by atomic mass is 10.0. The molecule has 3 rings (SSSR count). The Bertz CT molecular complexity index is 561. The number of nitro benzene ring substituents is 1. The Morgan fingerprint density at radius 1 is 1.35 bits per heavy atom. The van der Waals surface area contributed by atoms with Gasteiger partial charge >= 0.3 is 0 Å². The third-order valence-electron chi connectivity index (χ3n) is 4.33. The van der Waals surface area contributed by atoms with E-state index in [1.54, 1.807) is 30.0 Å². The van der Waals surface area contributed by atoms with Crippen molar-refractivity contribution in [3.05, 3.63) is 39.4 Å². The molecule has 0 radical (unpaired) electrons. The number of nitrogens with zero attached hydrogens (tertiary/aromatic N) is 2. The van der Waals surface area contributed by atoms with Crippen LogP contribution in [0, 0.1) is 28.9 Å². The molecule has 106 valence electrons. The average molecular weight is 275 g/mol. The van der Waals surface area contributed by atoms with Crippen molar-refractivity contribution in [3.8, 4) is 0 Å². The van der Waals surface area contributed by atoms with Crippen molar-refractivity contribution >= 4 is 11.6 Å². The number of hydrogen-bond acceptors (Lipinski definition) is 4. The number of nitrogens with one attached hydrogen (secondary N) is 1. The zero-order chi connectivity index (χ0) is 14.3. The van der Waals surface area contributed by atoms with E-state index >= 15 is 0 Å². The summed E-state index contributed by atoms with van der Waals surface area (Å²) in [7, 11) is 0. The smallest absolute Gasteiger partial charge is 0.285 e. The molecule has 2 saturated heterocycles. The lowest BCUT2D eigenvalue weighted by Crippen LogP contribution is -2.32. The molecular formula is C14H17N3O3. The predicted molar refractivity (Wildman–Crippen MR) is 73.6 cm³/mol. The second kappa shape index (κ2) is 4.86. The molecule has 2 aliphatic rings. The van der Waals surface area contributed by atoms with Crippen molar-refractivity contribution in [2.75, 3.05) is 26.2 Å². The highest BCUT2D eigenvalue weighted by Gasteiger charge is 2.39. The normalized spacial score (nSPS) is 24.8. The Hall–Kier alpha value is -1.95. The fourth-order valence-electron chi connectivity index (χ4n) is 3.27. The molecule has 2 unspecified atom stereocenters. The van der Waals surface area contributed by atoms with Crippen LogP contribution in [0.2, 0.25) is 0 Å². The van der Waals surface area contributed by atoms with E-state index in [0.717, 1.165) is 13.1 Å². The fourth-order valence-corrected chi connectivity index (χ4v) is 3.27. The maximum absolute atomic E-state index is 12.6. The van der Waals surface area contributed by atoms with Crippen molar-refractivity contribution in [2.24, 2.45) is 11.8 Å². The van der Waals surface area contributed by atoms with Crippen LogP contribution in [-0.2, 0) is 0 Å². The summed E-state index contributed by atoms with van der Waals surface area (Å²) < 4.78 is 0. The van der Waals surface area contributed by atoms with Crippen LogP contribution >= 0.6 is 0 Å². The summed E-state index contributed by atoms with van der Waals surface area (Å²) in [5.74, 6) is 0.764. The van der Waals surface area contributed by atoms with E-state index < -0.39 is 4.92 Å². The Balaban J connectivity index is 1.88. The monoisotopic (exact) mass is 275 g/mol. The molecule has 0 bridgehead atoms. The molecule has 1 aromatic carbocycles. The zero-order valence-electron chi connectivity index (χ0n) is 11.3. The fraction of sp³-hybridized carbons (Fsp3) is 0.500. The highest BCUT2D eigenvalue weighted by molar-refractivity contribution is 5.98. The third kappa shape index (κ3) is 2.06. The van der Waals surface area contributed by atoms with Crippen molar-refractivity contribution in [2.45, 2.75) is 6.92 Å². The van der Waals surface area contributed by atoms with E-state index in [0.29, 0.717) is 30.5 Å². The van der Waals surface area contributed by atoms with Gasteiger partial charge in [-0.2, -0.15) is 0 Å². The van der Waals surface area contributed by atoms with Gasteiger partial charge in [0.1, 0.15) is 5.56 Å². The van der Waals surface area contributed by atoms with Gasteiger partial charge in [0.2, 0.25) is 0 Å². The number of rotatable bonds is 2. The van der Waals surface area contributed by atoms with E-state index in [1.165, 1.54) is 0 Å². The van der Waals surface area contributed by atoms with Crippen molar-refractivity contribution in [1.29, 1.82) is 0 Å². The van der Waals surface area contributed by atoms with Gasteiger partial charge < -0.3 is 10.2 Å². The molecule has 2 atom stereocenters. The molecule has 1 aromatic rings.